The Labute approximate surface area is 97.9 Å². The highest BCUT2D eigenvalue weighted by Crippen LogP contribution is 2.11. The summed E-state index contributed by atoms with van der Waals surface area (Å²) in [6.07, 6.45) is 0. The van der Waals surface area contributed by atoms with E-state index in [4.69, 9.17) is 10.8 Å². The van der Waals surface area contributed by atoms with Gasteiger partial charge in [0.2, 0.25) is 0 Å². The fourth-order valence-electron chi connectivity index (χ4n) is 1.86. The molecule has 0 saturated heterocycles. The quantitative estimate of drug-likeness (QED) is 0.760. The van der Waals surface area contributed by atoms with Crippen LogP contribution in [0.1, 0.15) is 18.1 Å². The molecule has 0 amide bonds. The van der Waals surface area contributed by atoms with Crippen molar-refractivity contribution in [3.05, 3.63) is 35.4 Å². The van der Waals surface area contributed by atoms with E-state index in [2.05, 4.69) is 24.1 Å². The van der Waals surface area contributed by atoms with Gasteiger partial charge in [0.05, 0.1) is 0 Å². The van der Waals surface area contributed by atoms with Gasteiger partial charge in [-0.3, -0.25) is 0 Å². The fraction of sp³-hybridized carbons (Fsp3) is 0.538. The van der Waals surface area contributed by atoms with Crippen molar-refractivity contribution < 1.29 is 5.11 Å². The molecule has 1 aromatic rings. The third kappa shape index (κ3) is 3.93. The Morgan fingerprint density at radius 2 is 1.94 bits per heavy atom. The lowest BCUT2D eigenvalue weighted by Crippen LogP contribution is -2.26. The minimum Gasteiger partial charge on any atom is -0.396 e. The second-order valence-electron chi connectivity index (χ2n) is 4.46. The minimum absolute atomic E-state index is 0.239. The van der Waals surface area contributed by atoms with Gasteiger partial charge in [-0.25, -0.2) is 0 Å². The van der Waals surface area contributed by atoms with Gasteiger partial charge in [-0.05, 0) is 24.1 Å². The summed E-state index contributed by atoms with van der Waals surface area (Å²) in [4.78, 5) is 2.22. The maximum absolute atomic E-state index is 9.00. The zero-order chi connectivity index (χ0) is 12.0. The van der Waals surface area contributed by atoms with Crippen molar-refractivity contribution in [1.82, 2.24) is 4.90 Å². The molecule has 1 unspecified atom stereocenters. The van der Waals surface area contributed by atoms with Crippen molar-refractivity contribution in [1.29, 1.82) is 0 Å². The first kappa shape index (κ1) is 13.2. The Hall–Kier alpha value is -0.900. The number of hydrogen-bond acceptors (Lipinski definition) is 3. The second-order valence-corrected chi connectivity index (χ2v) is 4.46. The average molecular weight is 222 g/mol. The van der Waals surface area contributed by atoms with E-state index in [1.165, 1.54) is 11.1 Å². The smallest absolute Gasteiger partial charge is 0.0468 e. The Morgan fingerprint density at radius 3 is 2.50 bits per heavy atom. The van der Waals surface area contributed by atoms with Crippen LogP contribution in [0.5, 0.6) is 0 Å². The molecule has 1 rings (SSSR count). The van der Waals surface area contributed by atoms with Gasteiger partial charge in [-0.15, -0.1) is 0 Å². The Bertz CT molecular complexity index is 315. The van der Waals surface area contributed by atoms with Gasteiger partial charge in [-0.1, -0.05) is 31.2 Å². The molecule has 1 atom stereocenters. The monoisotopic (exact) mass is 222 g/mol. The van der Waals surface area contributed by atoms with Crippen LogP contribution in [0.2, 0.25) is 0 Å². The van der Waals surface area contributed by atoms with Gasteiger partial charge < -0.3 is 15.7 Å². The zero-order valence-corrected chi connectivity index (χ0v) is 10.2. The maximum atomic E-state index is 9.00. The van der Waals surface area contributed by atoms with Gasteiger partial charge >= 0.3 is 0 Å². The largest absolute Gasteiger partial charge is 0.396 e. The minimum atomic E-state index is 0.239. The van der Waals surface area contributed by atoms with E-state index < -0.39 is 0 Å². The first-order chi connectivity index (χ1) is 7.67. The normalized spacial score (nSPS) is 13.1. The van der Waals surface area contributed by atoms with Crippen LogP contribution >= 0.6 is 0 Å². The summed E-state index contributed by atoms with van der Waals surface area (Å²) in [5, 5.41) is 9.00. The van der Waals surface area contributed by atoms with Crippen LogP contribution in [0.3, 0.4) is 0 Å². The number of hydrogen-bond donors (Lipinski definition) is 2. The lowest BCUT2D eigenvalue weighted by molar-refractivity contribution is 0.187. The van der Waals surface area contributed by atoms with Crippen LogP contribution in [0.25, 0.3) is 0 Å². The third-order valence-electron chi connectivity index (χ3n) is 2.71. The van der Waals surface area contributed by atoms with E-state index in [9.17, 15) is 0 Å². The molecule has 16 heavy (non-hydrogen) atoms. The predicted molar refractivity (Wildman–Crippen MR) is 66.9 cm³/mol. The molecule has 0 heterocycles. The molecule has 0 bridgehead atoms. The van der Waals surface area contributed by atoms with Gasteiger partial charge in [0.1, 0.15) is 0 Å². The van der Waals surface area contributed by atoms with Gasteiger partial charge in [-0.2, -0.15) is 0 Å². The molecule has 0 fully saturated rings. The molecule has 3 nitrogen and oxygen atoms in total. The topological polar surface area (TPSA) is 49.5 Å². The van der Waals surface area contributed by atoms with E-state index in [-0.39, 0.29) is 6.61 Å². The Kier molecular flexibility index (Phi) is 5.46. The lowest BCUT2D eigenvalue weighted by Gasteiger charge is -2.21. The first-order valence-electron chi connectivity index (χ1n) is 5.73. The van der Waals surface area contributed by atoms with Gasteiger partial charge in [0.25, 0.3) is 0 Å². The molecular formula is C13H22N2O. The van der Waals surface area contributed by atoms with Crippen molar-refractivity contribution in [3.63, 3.8) is 0 Å². The molecule has 3 heteroatoms. The molecule has 0 radical (unpaired) electrons. The van der Waals surface area contributed by atoms with Crippen molar-refractivity contribution in [2.75, 3.05) is 20.2 Å². The van der Waals surface area contributed by atoms with E-state index in [0.29, 0.717) is 12.5 Å². The highest BCUT2D eigenvalue weighted by Gasteiger charge is 2.07. The summed E-state index contributed by atoms with van der Waals surface area (Å²) in [5.41, 5.74) is 8.17. The van der Waals surface area contributed by atoms with Crippen molar-refractivity contribution in [2.24, 2.45) is 11.7 Å². The summed E-state index contributed by atoms with van der Waals surface area (Å²) in [6, 6.07) is 8.24. The summed E-state index contributed by atoms with van der Waals surface area (Å²) in [6.45, 7) is 4.65. The second kappa shape index (κ2) is 6.63. The number of aliphatic hydroxyl groups is 1. The SMILES string of the molecule is CC(CO)CN(C)Cc1ccccc1CN. The van der Waals surface area contributed by atoms with Crippen molar-refractivity contribution in [2.45, 2.75) is 20.0 Å². The molecule has 0 aliphatic rings. The lowest BCUT2D eigenvalue weighted by atomic mass is 10.1. The number of nitrogens with zero attached hydrogens (tertiary/aromatic N) is 1. The molecular weight excluding hydrogens is 200 g/mol. The molecule has 3 N–H and O–H groups in total. The molecule has 0 aromatic heterocycles. The van der Waals surface area contributed by atoms with Crippen LogP contribution in [0.15, 0.2) is 24.3 Å². The molecule has 0 aliphatic carbocycles. The molecule has 90 valence electrons. The number of rotatable bonds is 6. The Balaban J connectivity index is 2.58. The summed E-state index contributed by atoms with van der Waals surface area (Å²) in [7, 11) is 2.07. The first-order valence-corrected chi connectivity index (χ1v) is 5.73. The summed E-state index contributed by atoms with van der Waals surface area (Å²) >= 11 is 0. The van der Waals surface area contributed by atoms with Crippen LogP contribution in [0, 0.1) is 5.92 Å². The van der Waals surface area contributed by atoms with E-state index in [1.54, 1.807) is 0 Å². The van der Waals surface area contributed by atoms with E-state index in [0.717, 1.165) is 13.1 Å². The van der Waals surface area contributed by atoms with Crippen molar-refractivity contribution in [3.8, 4) is 0 Å². The predicted octanol–water partition coefficient (Wildman–Crippen LogP) is 1.21. The third-order valence-corrected chi connectivity index (χ3v) is 2.71. The summed E-state index contributed by atoms with van der Waals surface area (Å²) in [5.74, 6) is 0.315. The molecule has 0 aliphatic heterocycles. The van der Waals surface area contributed by atoms with E-state index in [1.807, 2.05) is 19.1 Å². The number of benzene rings is 1. The average Bonchev–Trinajstić information content (AvgIpc) is 2.29. The van der Waals surface area contributed by atoms with E-state index >= 15 is 0 Å². The van der Waals surface area contributed by atoms with Gasteiger partial charge in [0.15, 0.2) is 0 Å². The van der Waals surface area contributed by atoms with Crippen LogP contribution in [-0.2, 0) is 13.1 Å². The van der Waals surface area contributed by atoms with Crippen LogP contribution in [-0.4, -0.2) is 30.2 Å². The molecule has 1 aromatic carbocycles. The number of nitrogens with two attached hydrogens (primary N) is 1. The van der Waals surface area contributed by atoms with Crippen LogP contribution in [0.4, 0.5) is 0 Å². The zero-order valence-electron chi connectivity index (χ0n) is 10.2. The number of aliphatic hydroxyl groups excluding tert-OH is 1. The highest BCUT2D eigenvalue weighted by atomic mass is 16.3. The highest BCUT2D eigenvalue weighted by molar-refractivity contribution is 5.26. The fourth-order valence-corrected chi connectivity index (χ4v) is 1.86. The molecule has 0 spiro atoms. The molecule has 0 saturated carbocycles. The van der Waals surface area contributed by atoms with Gasteiger partial charge in [0, 0.05) is 26.2 Å². The van der Waals surface area contributed by atoms with Crippen molar-refractivity contribution >= 4 is 0 Å². The Morgan fingerprint density at radius 1 is 1.31 bits per heavy atom. The van der Waals surface area contributed by atoms with Crippen LogP contribution < -0.4 is 5.73 Å². The standard InChI is InChI=1S/C13H22N2O/c1-11(10-16)8-15(2)9-13-6-4-3-5-12(13)7-14/h3-6,11,16H,7-10,14H2,1-2H3. The maximum Gasteiger partial charge on any atom is 0.0468 e. The summed E-state index contributed by atoms with van der Waals surface area (Å²) < 4.78 is 0.